The van der Waals surface area contributed by atoms with Gasteiger partial charge in [0.2, 0.25) is 11.8 Å². The lowest BCUT2D eigenvalue weighted by Crippen LogP contribution is -2.51. The molecule has 1 N–H and O–H groups in total. The molecule has 214 valence electrons. The quantitative estimate of drug-likeness (QED) is 0.279. The van der Waals surface area contributed by atoms with Gasteiger partial charge in [-0.2, -0.15) is 0 Å². The Morgan fingerprint density at radius 3 is 2.35 bits per heavy atom. The summed E-state index contributed by atoms with van der Waals surface area (Å²) >= 11 is 6.21. The first-order valence-corrected chi connectivity index (χ1v) is 14.9. The fraction of sp³-hybridized carbons (Fsp3) is 0.333. The van der Waals surface area contributed by atoms with E-state index >= 15 is 0 Å². The van der Waals surface area contributed by atoms with Gasteiger partial charge in [0.1, 0.15) is 18.3 Å². The number of unbranched alkanes of at least 4 members (excludes halogenated alkanes) is 1. The van der Waals surface area contributed by atoms with Crippen molar-refractivity contribution in [3.63, 3.8) is 0 Å². The van der Waals surface area contributed by atoms with Crippen molar-refractivity contribution in [2.75, 3.05) is 24.5 Å². The van der Waals surface area contributed by atoms with Crippen LogP contribution in [0.4, 0.5) is 5.69 Å². The van der Waals surface area contributed by atoms with Crippen LogP contribution in [0.15, 0.2) is 77.7 Å². The summed E-state index contributed by atoms with van der Waals surface area (Å²) in [7, 11) is -2.71. The number of amides is 2. The minimum Gasteiger partial charge on any atom is -0.497 e. The molecular formula is C30H36ClN3O5S. The summed E-state index contributed by atoms with van der Waals surface area (Å²) < 4.78 is 34.0. The van der Waals surface area contributed by atoms with E-state index in [2.05, 4.69) is 5.32 Å². The van der Waals surface area contributed by atoms with Crippen LogP contribution in [0.1, 0.15) is 37.8 Å². The first kappa shape index (κ1) is 31.0. The first-order chi connectivity index (χ1) is 19.1. The van der Waals surface area contributed by atoms with Crippen LogP contribution in [0.2, 0.25) is 5.02 Å². The molecule has 0 radical (unpaired) electrons. The van der Waals surface area contributed by atoms with Gasteiger partial charge in [-0.3, -0.25) is 13.9 Å². The highest BCUT2D eigenvalue weighted by Gasteiger charge is 2.32. The third-order valence-corrected chi connectivity index (χ3v) is 8.64. The van der Waals surface area contributed by atoms with E-state index in [0.717, 1.165) is 28.3 Å². The molecular weight excluding hydrogens is 550 g/mol. The highest BCUT2D eigenvalue weighted by Crippen LogP contribution is 2.28. The molecule has 0 fully saturated rings. The second-order valence-electron chi connectivity index (χ2n) is 9.44. The van der Waals surface area contributed by atoms with Crippen molar-refractivity contribution in [1.82, 2.24) is 10.2 Å². The molecule has 2 amide bonds. The van der Waals surface area contributed by atoms with Crippen molar-refractivity contribution in [2.24, 2.45) is 0 Å². The molecule has 0 aliphatic heterocycles. The number of methoxy groups -OCH3 is 1. The number of nitrogens with zero attached hydrogens (tertiary/aromatic N) is 2. The molecule has 8 nitrogen and oxygen atoms in total. The fourth-order valence-corrected chi connectivity index (χ4v) is 5.72. The maximum Gasteiger partial charge on any atom is 0.264 e. The smallest absolute Gasteiger partial charge is 0.264 e. The average molecular weight is 586 g/mol. The van der Waals surface area contributed by atoms with Gasteiger partial charge in [0.25, 0.3) is 10.0 Å². The van der Waals surface area contributed by atoms with Crippen molar-refractivity contribution < 1.29 is 22.7 Å². The second kappa shape index (κ2) is 14.2. The molecule has 0 bridgehead atoms. The van der Waals surface area contributed by atoms with E-state index in [4.69, 9.17) is 16.3 Å². The summed E-state index contributed by atoms with van der Waals surface area (Å²) in [5.74, 6) is -0.335. The van der Waals surface area contributed by atoms with Crippen molar-refractivity contribution in [3.8, 4) is 5.75 Å². The molecule has 0 saturated heterocycles. The third kappa shape index (κ3) is 7.76. The monoisotopic (exact) mass is 585 g/mol. The van der Waals surface area contributed by atoms with Gasteiger partial charge in [-0.15, -0.1) is 0 Å². The van der Waals surface area contributed by atoms with Gasteiger partial charge in [-0.05, 0) is 73.9 Å². The summed E-state index contributed by atoms with van der Waals surface area (Å²) in [6.45, 7) is 5.70. The maximum atomic E-state index is 14.0. The number of carbonyl (C=O) groups is 2. The van der Waals surface area contributed by atoms with Gasteiger partial charge in [0.05, 0.1) is 17.7 Å². The Balaban J connectivity index is 2.01. The van der Waals surface area contributed by atoms with Crippen molar-refractivity contribution in [1.29, 1.82) is 0 Å². The van der Waals surface area contributed by atoms with Gasteiger partial charge in [0, 0.05) is 18.1 Å². The Morgan fingerprint density at radius 2 is 1.73 bits per heavy atom. The standard InChI is InChI=1S/C30H36ClN3O5S/c1-5-6-18-32-30(36)23(3)33(20-24-11-8-7-10-22(24)2)29(35)21-34(26-13-9-12-25(31)19-26)40(37,38)28-16-14-27(39-4)15-17-28/h7-17,19,23H,5-6,18,20-21H2,1-4H3,(H,32,36)/t23-/m1/s1. The zero-order chi connectivity index (χ0) is 29.3. The Labute approximate surface area is 241 Å². The molecule has 0 saturated carbocycles. The zero-order valence-electron chi connectivity index (χ0n) is 23.3. The minimum absolute atomic E-state index is 0.0168. The van der Waals surface area contributed by atoms with Crippen LogP contribution in [-0.2, 0) is 26.2 Å². The van der Waals surface area contributed by atoms with Crippen molar-refractivity contribution in [2.45, 2.75) is 51.1 Å². The Bertz CT molecular complexity index is 1410. The van der Waals surface area contributed by atoms with Gasteiger partial charge < -0.3 is 15.0 Å². The number of aryl methyl sites for hydroxylation is 1. The van der Waals surface area contributed by atoms with Crippen molar-refractivity contribution in [3.05, 3.63) is 88.9 Å². The molecule has 0 unspecified atom stereocenters. The summed E-state index contributed by atoms with van der Waals surface area (Å²) in [5, 5.41) is 3.20. The van der Waals surface area contributed by atoms with Crippen LogP contribution >= 0.6 is 11.6 Å². The molecule has 0 aromatic heterocycles. The van der Waals surface area contributed by atoms with Crippen LogP contribution in [0.25, 0.3) is 0 Å². The van der Waals surface area contributed by atoms with E-state index in [1.165, 1.54) is 42.3 Å². The van der Waals surface area contributed by atoms with E-state index in [1.807, 2.05) is 38.1 Å². The molecule has 0 aliphatic carbocycles. The number of ether oxygens (including phenoxy) is 1. The molecule has 0 aliphatic rings. The highest BCUT2D eigenvalue weighted by molar-refractivity contribution is 7.92. The molecule has 3 aromatic rings. The van der Waals surface area contributed by atoms with Gasteiger partial charge in [-0.1, -0.05) is 55.3 Å². The fourth-order valence-electron chi connectivity index (χ4n) is 4.12. The van der Waals surface area contributed by atoms with Crippen LogP contribution in [0.3, 0.4) is 0 Å². The second-order valence-corrected chi connectivity index (χ2v) is 11.7. The number of carbonyl (C=O) groups excluding carboxylic acids is 2. The number of rotatable bonds is 13. The highest BCUT2D eigenvalue weighted by atomic mass is 35.5. The average Bonchev–Trinajstić information content (AvgIpc) is 2.95. The summed E-state index contributed by atoms with van der Waals surface area (Å²) in [6, 6.07) is 19.0. The number of hydrogen-bond donors (Lipinski definition) is 1. The van der Waals surface area contributed by atoms with Crippen LogP contribution in [-0.4, -0.2) is 51.4 Å². The molecule has 3 rings (SSSR count). The number of nitrogens with one attached hydrogen (secondary N) is 1. The van der Waals surface area contributed by atoms with Gasteiger partial charge >= 0.3 is 0 Å². The maximum absolute atomic E-state index is 14.0. The molecule has 1 atom stereocenters. The largest absolute Gasteiger partial charge is 0.497 e. The van der Waals surface area contributed by atoms with Crippen LogP contribution < -0.4 is 14.4 Å². The van der Waals surface area contributed by atoms with Gasteiger partial charge in [0.15, 0.2) is 0 Å². The van der Waals surface area contributed by atoms with Crippen LogP contribution in [0, 0.1) is 6.92 Å². The normalized spacial score (nSPS) is 11.9. The lowest BCUT2D eigenvalue weighted by Gasteiger charge is -2.32. The van der Waals surface area contributed by atoms with E-state index in [9.17, 15) is 18.0 Å². The lowest BCUT2D eigenvalue weighted by atomic mass is 10.1. The Hall–Kier alpha value is -3.56. The van der Waals surface area contributed by atoms with E-state index in [1.54, 1.807) is 25.1 Å². The molecule has 3 aromatic carbocycles. The molecule has 40 heavy (non-hydrogen) atoms. The van der Waals surface area contributed by atoms with E-state index in [-0.39, 0.29) is 23.0 Å². The number of benzene rings is 3. The van der Waals surface area contributed by atoms with E-state index in [0.29, 0.717) is 17.3 Å². The molecule has 0 heterocycles. The SMILES string of the molecule is CCCCNC(=O)[C@@H](C)N(Cc1ccccc1C)C(=O)CN(c1cccc(Cl)c1)S(=O)(=O)c1ccc(OC)cc1. The third-order valence-electron chi connectivity index (χ3n) is 6.62. The number of halogens is 1. The first-order valence-electron chi connectivity index (χ1n) is 13.1. The lowest BCUT2D eigenvalue weighted by molar-refractivity contribution is -0.139. The summed E-state index contributed by atoms with van der Waals surface area (Å²) in [4.78, 5) is 28.4. The summed E-state index contributed by atoms with van der Waals surface area (Å²) in [5.41, 5.74) is 2.04. The number of sulfonamides is 1. The Kier molecular flexibility index (Phi) is 11.0. The zero-order valence-corrected chi connectivity index (χ0v) is 24.8. The number of anilines is 1. The number of hydrogen-bond acceptors (Lipinski definition) is 5. The van der Waals surface area contributed by atoms with Crippen molar-refractivity contribution >= 4 is 39.1 Å². The Morgan fingerprint density at radius 1 is 1.02 bits per heavy atom. The van der Waals surface area contributed by atoms with E-state index < -0.39 is 28.5 Å². The van der Waals surface area contributed by atoms with Gasteiger partial charge in [-0.25, -0.2) is 8.42 Å². The topological polar surface area (TPSA) is 96.0 Å². The summed E-state index contributed by atoms with van der Waals surface area (Å²) in [6.07, 6.45) is 1.73. The predicted molar refractivity (Wildman–Crippen MR) is 158 cm³/mol. The minimum atomic E-state index is -4.20. The predicted octanol–water partition coefficient (Wildman–Crippen LogP) is 5.19. The molecule has 10 heteroatoms. The molecule has 0 spiro atoms. The van der Waals surface area contributed by atoms with Crippen LogP contribution in [0.5, 0.6) is 5.75 Å².